The molecule has 2 fully saturated rings. The smallest absolute Gasteiger partial charge is 0.414 e. The number of nitrogens with one attached hydrogen (secondary N) is 1. The molecule has 2 unspecified atom stereocenters. The molecule has 0 spiro atoms. The topological polar surface area (TPSA) is 111 Å². The molecule has 11 heteroatoms. The van der Waals surface area contributed by atoms with Crippen LogP contribution in [-0.4, -0.2) is 61.7 Å². The summed E-state index contributed by atoms with van der Waals surface area (Å²) in [6.07, 6.45) is -2.45. The molecule has 1 N–H and O–H groups in total. The number of benzene rings is 2. The zero-order valence-electron chi connectivity index (χ0n) is 18.7. The quantitative estimate of drug-likeness (QED) is 0.433. The van der Waals surface area contributed by atoms with Crippen molar-refractivity contribution >= 4 is 35.1 Å². The molecule has 35 heavy (non-hydrogen) atoms. The van der Waals surface area contributed by atoms with Crippen LogP contribution in [0.25, 0.3) is 0 Å². The molecule has 2 saturated heterocycles. The fourth-order valence-corrected chi connectivity index (χ4v) is 4.08. The molecule has 4 rings (SSSR count). The van der Waals surface area contributed by atoms with Crippen molar-refractivity contribution in [1.82, 2.24) is 10.4 Å². The first-order chi connectivity index (χ1) is 16.8. The summed E-state index contributed by atoms with van der Waals surface area (Å²) in [6.45, 7) is 1.26. The van der Waals surface area contributed by atoms with Gasteiger partial charge in [0.1, 0.15) is 11.9 Å². The highest BCUT2D eigenvalue weighted by Gasteiger charge is 2.33. The van der Waals surface area contributed by atoms with E-state index in [1.807, 2.05) is 0 Å². The summed E-state index contributed by atoms with van der Waals surface area (Å²) in [5.41, 5.74) is 1.05. The number of cyclic esters (lactones) is 1. The van der Waals surface area contributed by atoms with Gasteiger partial charge in [-0.3, -0.25) is 14.5 Å². The molecular weight excluding hydrogens is 481 g/mol. The lowest BCUT2D eigenvalue weighted by atomic mass is 10.1. The van der Waals surface area contributed by atoms with E-state index in [-0.39, 0.29) is 35.9 Å². The first-order valence-electron chi connectivity index (χ1n) is 11.2. The summed E-state index contributed by atoms with van der Waals surface area (Å²) < 4.78 is 25.5. The van der Waals surface area contributed by atoms with Gasteiger partial charge in [-0.1, -0.05) is 17.7 Å². The first kappa shape index (κ1) is 25.1. The van der Waals surface area contributed by atoms with Crippen LogP contribution in [0.3, 0.4) is 0 Å². The van der Waals surface area contributed by atoms with E-state index in [0.29, 0.717) is 35.8 Å². The van der Waals surface area contributed by atoms with Crippen LogP contribution < -0.4 is 10.2 Å². The minimum Gasteiger partial charge on any atom is -0.756 e. The maximum atomic E-state index is 14.7. The molecule has 186 valence electrons. The van der Waals surface area contributed by atoms with E-state index < -0.39 is 36.6 Å². The maximum Gasteiger partial charge on any atom is 0.414 e. The van der Waals surface area contributed by atoms with Crippen LogP contribution in [0.5, 0.6) is 0 Å². The van der Waals surface area contributed by atoms with Crippen LogP contribution in [0.2, 0.25) is 5.02 Å². The van der Waals surface area contributed by atoms with Crippen molar-refractivity contribution in [1.29, 1.82) is 0 Å². The van der Waals surface area contributed by atoms with Gasteiger partial charge in [-0.15, -0.1) is 0 Å². The number of hydroxylamine groups is 2. The van der Waals surface area contributed by atoms with Crippen molar-refractivity contribution in [2.24, 2.45) is 0 Å². The predicted molar refractivity (Wildman–Crippen MR) is 126 cm³/mol. The summed E-state index contributed by atoms with van der Waals surface area (Å²) in [5.74, 6) is -1.60. The molecule has 0 aromatic heterocycles. The van der Waals surface area contributed by atoms with Gasteiger partial charge in [0, 0.05) is 48.6 Å². The summed E-state index contributed by atoms with van der Waals surface area (Å²) in [5, 5.41) is 16.1. The number of hydrogen-bond acceptors (Lipinski definition) is 7. The van der Waals surface area contributed by atoms with Crippen molar-refractivity contribution in [3.8, 4) is 0 Å². The van der Waals surface area contributed by atoms with E-state index >= 15 is 0 Å². The highest BCUT2D eigenvalue weighted by molar-refractivity contribution is 6.30. The van der Waals surface area contributed by atoms with Gasteiger partial charge in [0.25, 0.3) is 0 Å². The van der Waals surface area contributed by atoms with E-state index in [4.69, 9.17) is 21.1 Å². The Balaban J connectivity index is 1.29. The van der Waals surface area contributed by atoms with E-state index in [9.17, 15) is 24.0 Å². The molecule has 0 bridgehead atoms. The minimum absolute atomic E-state index is 0.0190. The summed E-state index contributed by atoms with van der Waals surface area (Å²) in [4.78, 5) is 37.9. The van der Waals surface area contributed by atoms with Crippen molar-refractivity contribution in [3.63, 3.8) is 0 Å². The fourth-order valence-electron chi connectivity index (χ4n) is 3.95. The van der Waals surface area contributed by atoms with E-state index in [1.54, 1.807) is 36.4 Å². The highest BCUT2D eigenvalue weighted by Crippen LogP contribution is 2.28. The Morgan fingerprint density at radius 1 is 1.20 bits per heavy atom. The molecule has 0 saturated carbocycles. The number of carbonyl (C=O) groups is 3. The number of ether oxygens (including phenoxy) is 2. The molecule has 2 atom stereocenters. The Kier molecular flexibility index (Phi) is 7.97. The molecule has 0 radical (unpaired) electrons. The number of Topliss-reactive ketones (excluding diaryl/α,β-unsaturated/α-hetero) is 1. The van der Waals surface area contributed by atoms with Crippen LogP contribution in [0.4, 0.5) is 14.9 Å². The van der Waals surface area contributed by atoms with Gasteiger partial charge in [-0.25, -0.2) is 9.18 Å². The normalized spacial score (nSPS) is 20.0. The first-order valence-corrected chi connectivity index (χ1v) is 11.6. The maximum absolute atomic E-state index is 14.7. The fraction of sp³-hybridized carbons (Fsp3) is 0.375. The molecule has 2 aromatic rings. The molecule has 2 aromatic carbocycles. The van der Waals surface area contributed by atoms with Crippen LogP contribution in [0.15, 0.2) is 42.5 Å². The Hall–Kier alpha value is -3.05. The lowest BCUT2D eigenvalue weighted by Crippen LogP contribution is -2.35. The predicted octanol–water partition coefficient (Wildman–Crippen LogP) is 3.45. The Morgan fingerprint density at radius 3 is 2.66 bits per heavy atom. The van der Waals surface area contributed by atoms with Crippen molar-refractivity contribution in [2.45, 2.75) is 25.0 Å². The standard InChI is InChI=1S/C24H24ClFN3O6/c25-16-3-1-15(2-4-16)21(30)7-8-23(31)29(33)14-18-13-28(24(32)35-18)17-5-6-19(20(26)11-17)22-12-27-9-10-34-22/h1-6,11,18,22,27H,7-10,12-14H2/q-1. The third-order valence-electron chi connectivity index (χ3n) is 5.82. The Bertz CT molecular complexity index is 1090. The van der Waals surface area contributed by atoms with Gasteiger partial charge in [0.05, 0.1) is 24.9 Å². The molecule has 9 nitrogen and oxygen atoms in total. The van der Waals surface area contributed by atoms with E-state index in [1.165, 1.54) is 11.0 Å². The van der Waals surface area contributed by atoms with Crippen LogP contribution >= 0.6 is 11.6 Å². The number of hydrogen-bond donors (Lipinski definition) is 1. The molecule has 2 aliphatic rings. The van der Waals surface area contributed by atoms with E-state index in [2.05, 4.69) is 5.32 Å². The SMILES string of the molecule is O=C(CCC(=O)N([O-])CC1CN(c2ccc(C3CNCCO3)c(F)c2)C(=O)O1)c1ccc(Cl)cc1. The highest BCUT2D eigenvalue weighted by atomic mass is 35.5. The number of ketones is 1. The number of halogens is 2. The average Bonchev–Trinajstić information content (AvgIpc) is 3.22. The van der Waals surface area contributed by atoms with Gasteiger partial charge in [-0.2, -0.15) is 0 Å². The zero-order valence-corrected chi connectivity index (χ0v) is 19.5. The van der Waals surface area contributed by atoms with Crippen molar-refractivity contribution in [2.75, 3.05) is 37.7 Å². The van der Waals surface area contributed by atoms with Gasteiger partial charge in [-0.05, 0) is 36.4 Å². The lowest BCUT2D eigenvalue weighted by molar-refractivity contribution is -0.129. The lowest BCUT2D eigenvalue weighted by Gasteiger charge is -2.30. The third-order valence-corrected chi connectivity index (χ3v) is 6.08. The van der Waals surface area contributed by atoms with Gasteiger partial charge >= 0.3 is 6.09 Å². The van der Waals surface area contributed by atoms with Crippen LogP contribution in [-0.2, 0) is 14.3 Å². The molecule has 2 amide bonds. The second-order valence-corrected chi connectivity index (χ2v) is 8.71. The van der Waals surface area contributed by atoms with Crippen molar-refractivity contribution < 1.29 is 28.2 Å². The number of rotatable bonds is 8. The van der Waals surface area contributed by atoms with Gasteiger partial charge in [0.2, 0.25) is 5.91 Å². The second kappa shape index (κ2) is 11.1. The second-order valence-electron chi connectivity index (χ2n) is 8.27. The number of nitrogens with zero attached hydrogens (tertiary/aromatic N) is 2. The molecule has 2 aliphatic heterocycles. The average molecular weight is 505 g/mol. The number of morpholine rings is 1. The largest absolute Gasteiger partial charge is 0.756 e. The Labute approximate surface area is 206 Å². The number of anilines is 1. The van der Waals surface area contributed by atoms with Crippen LogP contribution in [0, 0.1) is 11.0 Å². The third kappa shape index (κ3) is 6.15. The zero-order chi connectivity index (χ0) is 24.9. The molecule has 2 heterocycles. The Morgan fingerprint density at radius 2 is 1.97 bits per heavy atom. The van der Waals surface area contributed by atoms with Crippen molar-refractivity contribution in [3.05, 3.63) is 69.6 Å². The van der Waals surface area contributed by atoms with Crippen LogP contribution in [0.1, 0.15) is 34.9 Å². The minimum atomic E-state index is -0.885. The molecule has 0 aliphatic carbocycles. The van der Waals surface area contributed by atoms with Gasteiger partial charge in [0.15, 0.2) is 5.78 Å². The number of carbonyl (C=O) groups excluding carboxylic acids is 3. The monoisotopic (exact) mass is 504 g/mol. The van der Waals surface area contributed by atoms with E-state index in [0.717, 1.165) is 0 Å². The van der Waals surface area contributed by atoms with Gasteiger partial charge < -0.3 is 25.1 Å². The molecular formula is C24H24ClFN3O6-. The summed E-state index contributed by atoms with van der Waals surface area (Å²) in [6, 6.07) is 10.6. The summed E-state index contributed by atoms with van der Waals surface area (Å²) >= 11 is 5.79. The number of amides is 2. The summed E-state index contributed by atoms with van der Waals surface area (Å²) in [7, 11) is 0.